The van der Waals surface area contributed by atoms with Crippen LogP contribution in [-0.2, 0) is 12.2 Å². The average molecular weight is 424 g/mol. The maximum Gasteiger partial charge on any atom is 0.255 e. The van der Waals surface area contributed by atoms with E-state index in [-0.39, 0.29) is 5.56 Å². The Morgan fingerprint density at radius 2 is 2.11 bits per heavy atom. The van der Waals surface area contributed by atoms with Gasteiger partial charge in [0.05, 0.1) is 18.8 Å². The number of halogens is 1. The monoisotopic (exact) mass is 423 g/mol. The summed E-state index contributed by atoms with van der Waals surface area (Å²) in [7, 11) is 1.62. The van der Waals surface area contributed by atoms with E-state index in [1.807, 2.05) is 24.3 Å². The van der Waals surface area contributed by atoms with Crippen molar-refractivity contribution in [3.63, 3.8) is 0 Å². The molecular formula is C17H18ClN5O2S2. The number of hydrogen-bond acceptors (Lipinski definition) is 8. The standard InChI is InChI=1S/C17H18ClN5O2S2/c1-25-13-4-2-11(3-5-13)8-12-9-20-17(21-16(12)24)19-6-7-26-10-14-15(18)23-27-22-14/h2-5,9H,6-8,10H2,1H3,(H2,19,20,21,24). The van der Waals surface area contributed by atoms with E-state index in [0.29, 0.717) is 35.4 Å². The maximum atomic E-state index is 12.3. The smallest absolute Gasteiger partial charge is 0.255 e. The van der Waals surface area contributed by atoms with E-state index < -0.39 is 0 Å². The Labute approximate surface area is 169 Å². The highest BCUT2D eigenvalue weighted by atomic mass is 35.5. The van der Waals surface area contributed by atoms with Crippen LogP contribution in [-0.4, -0.2) is 38.1 Å². The first-order valence-electron chi connectivity index (χ1n) is 8.15. The molecule has 0 bridgehead atoms. The first-order chi connectivity index (χ1) is 13.2. The predicted octanol–water partition coefficient (Wildman–Crippen LogP) is 3.22. The molecule has 10 heteroatoms. The SMILES string of the molecule is COc1ccc(Cc2cnc(NCCSCc3nsnc3Cl)[nH]c2=O)cc1. The van der Waals surface area contributed by atoms with Gasteiger partial charge in [-0.1, -0.05) is 23.7 Å². The highest BCUT2D eigenvalue weighted by Gasteiger charge is 2.06. The molecule has 0 saturated carbocycles. The Morgan fingerprint density at radius 1 is 1.30 bits per heavy atom. The Kier molecular flexibility index (Phi) is 7.08. The average Bonchev–Trinajstić information content (AvgIpc) is 3.09. The lowest BCUT2D eigenvalue weighted by Crippen LogP contribution is -2.18. The van der Waals surface area contributed by atoms with Gasteiger partial charge in [0.25, 0.3) is 5.56 Å². The molecule has 0 radical (unpaired) electrons. The number of thioether (sulfide) groups is 1. The molecule has 0 spiro atoms. The Morgan fingerprint density at radius 3 is 2.78 bits per heavy atom. The van der Waals surface area contributed by atoms with Crippen molar-refractivity contribution < 1.29 is 4.74 Å². The number of H-pyrrole nitrogens is 1. The summed E-state index contributed by atoms with van der Waals surface area (Å²) >= 11 is 8.70. The number of nitrogens with zero attached hydrogens (tertiary/aromatic N) is 3. The van der Waals surface area contributed by atoms with Gasteiger partial charge in [-0.2, -0.15) is 20.5 Å². The third-order valence-corrected chi connectivity index (χ3v) is 5.65. The molecule has 27 heavy (non-hydrogen) atoms. The van der Waals surface area contributed by atoms with E-state index in [2.05, 4.69) is 24.0 Å². The van der Waals surface area contributed by atoms with Gasteiger partial charge in [0.2, 0.25) is 5.95 Å². The minimum absolute atomic E-state index is 0.142. The third-order valence-electron chi connectivity index (χ3n) is 3.71. The van der Waals surface area contributed by atoms with E-state index in [4.69, 9.17) is 16.3 Å². The van der Waals surface area contributed by atoms with Gasteiger partial charge in [-0.15, -0.1) is 0 Å². The Bertz CT molecular complexity index is 930. The molecule has 0 unspecified atom stereocenters. The van der Waals surface area contributed by atoms with Crippen molar-refractivity contribution in [3.8, 4) is 5.75 Å². The highest BCUT2D eigenvalue weighted by molar-refractivity contribution is 7.98. The molecule has 7 nitrogen and oxygen atoms in total. The van der Waals surface area contributed by atoms with Gasteiger partial charge in [0.1, 0.15) is 11.4 Å². The van der Waals surface area contributed by atoms with Crippen LogP contribution in [0.3, 0.4) is 0 Å². The molecule has 0 amide bonds. The molecule has 0 atom stereocenters. The van der Waals surface area contributed by atoms with Crippen LogP contribution in [0.1, 0.15) is 16.8 Å². The van der Waals surface area contributed by atoms with Gasteiger partial charge in [-0.3, -0.25) is 9.78 Å². The molecule has 142 valence electrons. The quantitative estimate of drug-likeness (QED) is 0.510. The molecule has 2 heterocycles. The number of aromatic nitrogens is 4. The van der Waals surface area contributed by atoms with Crippen LogP contribution in [0.4, 0.5) is 5.95 Å². The molecule has 1 aromatic carbocycles. The van der Waals surface area contributed by atoms with Gasteiger partial charge in [0, 0.05) is 36.2 Å². The van der Waals surface area contributed by atoms with Crippen molar-refractivity contribution in [2.75, 3.05) is 24.7 Å². The second kappa shape index (κ2) is 9.72. The van der Waals surface area contributed by atoms with Crippen LogP contribution in [0.5, 0.6) is 5.75 Å². The van der Waals surface area contributed by atoms with Gasteiger partial charge in [0.15, 0.2) is 5.15 Å². The second-order valence-electron chi connectivity index (χ2n) is 5.59. The van der Waals surface area contributed by atoms with E-state index in [1.54, 1.807) is 25.1 Å². The van der Waals surface area contributed by atoms with Crippen LogP contribution in [0, 0.1) is 0 Å². The van der Waals surface area contributed by atoms with E-state index in [0.717, 1.165) is 34.5 Å². The summed E-state index contributed by atoms with van der Waals surface area (Å²) in [5, 5.41) is 3.59. The van der Waals surface area contributed by atoms with E-state index in [9.17, 15) is 4.79 Å². The molecule has 0 saturated heterocycles. The van der Waals surface area contributed by atoms with E-state index >= 15 is 0 Å². The lowest BCUT2D eigenvalue weighted by atomic mass is 10.1. The molecule has 3 rings (SSSR count). The lowest BCUT2D eigenvalue weighted by molar-refractivity contribution is 0.414. The predicted molar refractivity (Wildman–Crippen MR) is 110 cm³/mol. The van der Waals surface area contributed by atoms with Gasteiger partial charge in [-0.05, 0) is 17.7 Å². The highest BCUT2D eigenvalue weighted by Crippen LogP contribution is 2.18. The van der Waals surface area contributed by atoms with Gasteiger partial charge >= 0.3 is 0 Å². The van der Waals surface area contributed by atoms with Crippen LogP contribution in [0.15, 0.2) is 35.3 Å². The van der Waals surface area contributed by atoms with Crippen molar-refractivity contribution in [2.24, 2.45) is 0 Å². The zero-order chi connectivity index (χ0) is 19.1. The maximum absolute atomic E-state index is 12.3. The summed E-state index contributed by atoms with van der Waals surface area (Å²) in [4.78, 5) is 19.3. The van der Waals surface area contributed by atoms with Crippen molar-refractivity contribution in [1.29, 1.82) is 0 Å². The fourth-order valence-corrected chi connectivity index (χ4v) is 3.96. The number of rotatable bonds is 9. The molecule has 0 fully saturated rings. The van der Waals surface area contributed by atoms with Crippen molar-refractivity contribution in [2.45, 2.75) is 12.2 Å². The van der Waals surface area contributed by atoms with Gasteiger partial charge in [-0.25, -0.2) is 4.98 Å². The summed E-state index contributed by atoms with van der Waals surface area (Å²) in [6.45, 7) is 0.667. The Balaban J connectivity index is 1.47. The first-order valence-corrected chi connectivity index (χ1v) is 10.4. The molecule has 2 aromatic heterocycles. The largest absolute Gasteiger partial charge is 0.497 e. The number of nitrogens with one attached hydrogen (secondary N) is 2. The minimum atomic E-state index is -0.142. The number of ether oxygens (including phenoxy) is 1. The molecule has 2 N–H and O–H groups in total. The summed E-state index contributed by atoms with van der Waals surface area (Å²) in [5.74, 6) is 2.79. The second-order valence-corrected chi connectivity index (χ2v) is 7.58. The number of hydrogen-bond donors (Lipinski definition) is 2. The first kappa shape index (κ1) is 19.7. The summed E-state index contributed by atoms with van der Waals surface area (Å²) < 4.78 is 13.2. The van der Waals surface area contributed by atoms with Crippen LogP contribution in [0.2, 0.25) is 5.15 Å². The minimum Gasteiger partial charge on any atom is -0.497 e. The topological polar surface area (TPSA) is 92.8 Å². The van der Waals surface area contributed by atoms with Crippen LogP contribution >= 0.6 is 35.1 Å². The fraction of sp³-hybridized carbons (Fsp3) is 0.294. The zero-order valence-electron chi connectivity index (χ0n) is 14.6. The Hall–Kier alpha value is -2.10. The van der Waals surface area contributed by atoms with E-state index in [1.165, 1.54) is 0 Å². The van der Waals surface area contributed by atoms with Crippen molar-refractivity contribution in [3.05, 3.63) is 62.8 Å². The fourth-order valence-electron chi connectivity index (χ4n) is 2.29. The molecular weight excluding hydrogens is 406 g/mol. The summed E-state index contributed by atoms with van der Waals surface area (Å²) in [6.07, 6.45) is 2.13. The summed E-state index contributed by atoms with van der Waals surface area (Å²) in [5.41, 5.74) is 2.30. The lowest BCUT2D eigenvalue weighted by Gasteiger charge is -2.07. The number of anilines is 1. The number of methoxy groups -OCH3 is 1. The normalized spacial score (nSPS) is 10.7. The number of aromatic amines is 1. The van der Waals surface area contributed by atoms with Crippen molar-refractivity contribution in [1.82, 2.24) is 18.7 Å². The summed E-state index contributed by atoms with van der Waals surface area (Å²) in [6, 6.07) is 7.62. The third kappa shape index (κ3) is 5.69. The molecule has 0 aliphatic rings. The van der Waals surface area contributed by atoms with Crippen LogP contribution in [0.25, 0.3) is 0 Å². The zero-order valence-corrected chi connectivity index (χ0v) is 17.0. The molecule has 0 aliphatic heterocycles. The van der Waals surface area contributed by atoms with Crippen molar-refractivity contribution >= 4 is 41.0 Å². The van der Waals surface area contributed by atoms with Gasteiger partial charge < -0.3 is 10.1 Å². The number of benzene rings is 1. The molecule has 3 aromatic rings. The molecule has 0 aliphatic carbocycles. The van der Waals surface area contributed by atoms with Crippen LogP contribution < -0.4 is 15.6 Å².